The van der Waals surface area contributed by atoms with Crippen molar-refractivity contribution in [3.05, 3.63) is 35.1 Å². The van der Waals surface area contributed by atoms with Crippen LogP contribution in [0.4, 0.5) is 13.2 Å². The molecule has 0 fully saturated rings. The number of aryl methyl sites for hydroxylation is 1. The fourth-order valence-corrected chi connectivity index (χ4v) is 0.523. The van der Waals surface area contributed by atoms with Gasteiger partial charge in [-0.2, -0.15) is 0 Å². The first kappa shape index (κ1) is 4.01. The zero-order valence-corrected chi connectivity index (χ0v) is 4.79. The highest BCUT2D eigenvalue weighted by Gasteiger charge is 2.04. The smallest absolute Gasteiger partial charge is 0.161 e. The molecule has 0 spiro atoms. The van der Waals surface area contributed by atoms with Gasteiger partial charge >= 0.3 is 0 Å². The SMILES string of the molecule is [2H]C([2H])([2H])c1cc(F)c(F)cc1F. The van der Waals surface area contributed by atoms with Crippen LogP contribution < -0.4 is 0 Å². The average molecular weight is 149 g/mol. The molecular formula is C7H5F3. The summed E-state index contributed by atoms with van der Waals surface area (Å²) in [5.74, 6) is -4.03. The third-order valence-corrected chi connectivity index (χ3v) is 1.01. The summed E-state index contributed by atoms with van der Waals surface area (Å²) in [6.07, 6.45) is 0. The maximum Gasteiger partial charge on any atom is 0.161 e. The van der Waals surface area contributed by atoms with Gasteiger partial charge in [-0.3, -0.25) is 0 Å². The van der Waals surface area contributed by atoms with Gasteiger partial charge in [0, 0.05) is 10.2 Å². The van der Waals surface area contributed by atoms with Gasteiger partial charge in [-0.05, 0) is 18.5 Å². The Morgan fingerprint density at radius 2 is 1.70 bits per heavy atom. The van der Waals surface area contributed by atoms with E-state index in [-0.39, 0.29) is 6.07 Å². The summed E-state index contributed by atoms with van der Waals surface area (Å²) in [6, 6.07) is 0.564. The zero-order valence-electron chi connectivity index (χ0n) is 7.79. The predicted molar refractivity (Wildman–Crippen MR) is 31.1 cm³/mol. The second kappa shape index (κ2) is 2.33. The number of rotatable bonds is 0. The second-order valence-corrected chi connectivity index (χ2v) is 1.75. The van der Waals surface area contributed by atoms with Crippen LogP contribution in [0.2, 0.25) is 0 Å². The fraction of sp³-hybridized carbons (Fsp3) is 0.143. The van der Waals surface area contributed by atoms with Crippen LogP contribution in [0, 0.1) is 24.3 Å². The molecule has 0 bridgehead atoms. The molecule has 0 aliphatic rings. The molecule has 1 rings (SSSR count). The maximum atomic E-state index is 12.8. The van der Waals surface area contributed by atoms with Crippen molar-refractivity contribution in [3.63, 3.8) is 0 Å². The number of hydrogen-bond acceptors (Lipinski definition) is 0. The molecule has 0 aliphatic heterocycles. The molecule has 0 radical (unpaired) electrons. The van der Waals surface area contributed by atoms with E-state index < -0.39 is 29.9 Å². The van der Waals surface area contributed by atoms with Gasteiger partial charge < -0.3 is 0 Å². The van der Waals surface area contributed by atoms with E-state index in [1.54, 1.807) is 0 Å². The summed E-state index contributed by atoms with van der Waals surface area (Å²) in [7, 11) is 0. The normalized spacial score (nSPS) is 15.7. The monoisotopic (exact) mass is 149 g/mol. The molecule has 0 amide bonds. The molecule has 0 unspecified atom stereocenters. The quantitative estimate of drug-likeness (QED) is 0.497. The van der Waals surface area contributed by atoms with Crippen molar-refractivity contribution in [3.8, 4) is 0 Å². The summed E-state index contributed by atoms with van der Waals surface area (Å²) >= 11 is 0. The Kier molecular flexibility index (Phi) is 0.932. The van der Waals surface area contributed by atoms with Gasteiger partial charge in [0.15, 0.2) is 11.6 Å². The number of benzene rings is 1. The maximum absolute atomic E-state index is 12.8. The van der Waals surface area contributed by atoms with Gasteiger partial charge in [0.2, 0.25) is 0 Å². The molecule has 0 aromatic heterocycles. The lowest BCUT2D eigenvalue weighted by atomic mass is 10.2. The van der Waals surface area contributed by atoms with Gasteiger partial charge in [0.25, 0.3) is 0 Å². The molecule has 54 valence electrons. The fourth-order valence-electron chi connectivity index (χ4n) is 0.523. The molecule has 10 heavy (non-hydrogen) atoms. The van der Waals surface area contributed by atoms with Crippen LogP contribution in [0.1, 0.15) is 9.68 Å². The Morgan fingerprint density at radius 1 is 1.10 bits per heavy atom. The first-order valence-electron chi connectivity index (χ1n) is 3.97. The Bertz CT molecular complexity index is 332. The van der Waals surface area contributed by atoms with Gasteiger partial charge in [-0.15, -0.1) is 0 Å². The topological polar surface area (TPSA) is 0 Å². The van der Waals surface area contributed by atoms with Crippen molar-refractivity contribution in [1.29, 1.82) is 0 Å². The van der Waals surface area contributed by atoms with Crippen molar-refractivity contribution in [2.45, 2.75) is 6.85 Å². The van der Waals surface area contributed by atoms with Crippen LogP contribution in [-0.2, 0) is 0 Å². The van der Waals surface area contributed by atoms with Crippen LogP contribution in [0.5, 0.6) is 0 Å². The van der Waals surface area contributed by atoms with E-state index in [2.05, 4.69) is 0 Å². The summed E-state index contributed by atoms with van der Waals surface area (Å²) in [4.78, 5) is 0. The lowest BCUT2D eigenvalue weighted by molar-refractivity contribution is 0.492. The number of hydrogen-bond donors (Lipinski definition) is 0. The van der Waals surface area contributed by atoms with Gasteiger partial charge in [-0.1, -0.05) is 0 Å². The second-order valence-electron chi connectivity index (χ2n) is 1.75. The lowest BCUT2D eigenvalue weighted by Gasteiger charge is -1.95. The average Bonchev–Trinajstić information content (AvgIpc) is 1.94. The van der Waals surface area contributed by atoms with E-state index in [0.29, 0.717) is 6.07 Å². The van der Waals surface area contributed by atoms with Crippen molar-refractivity contribution < 1.29 is 17.3 Å². The molecule has 0 saturated carbocycles. The summed E-state index contributed by atoms with van der Waals surface area (Å²) in [5, 5.41) is 0. The van der Waals surface area contributed by atoms with Crippen molar-refractivity contribution >= 4 is 0 Å². The largest absolute Gasteiger partial charge is 0.207 e. The minimum absolute atomic E-state index is 0.219. The molecule has 0 heterocycles. The van der Waals surface area contributed by atoms with E-state index >= 15 is 0 Å². The Morgan fingerprint density at radius 3 is 2.30 bits per heavy atom. The van der Waals surface area contributed by atoms with Gasteiger partial charge in [-0.25, -0.2) is 13.2 Å². The van der Waals surface area contributed by atoms with Crippen LogP contribution in [0.25, 0.3) is 0 Å². The van der Waals surface area contributed by atoms with E-state index in [1.807, 2.05) is 0 Å². The number of halogens is 3. The van der Waals surface area contributed by atoms with Crippen molar-refractivity contribution in [1.82, 2.24) is 0 Å². The minimum Gasteiger partial charge on any atom is -0.207 e. The standard InChI is InChI=1S/C7H5F3/c1-4-2-6(9)7(10)3-5(4)8/h2-3H,1H3/i1D3. The van der Waals surface area contributed by atoms with E-state index in [1.165, 1.54) is 0 Å². The molecule has 0 saturated heterocycles. The predicted octanol–water partition coefficient (Wildman–Crippen LogP) is 2.41. The third kappa shape index (κ3) is 1.12. The molecule has 1 aromatic carbocycles. The van der Waals surface area contributed by atoms with E-state index in [9.17, 15) is 13.2 Å². The van der Waals surface area contributed by atoms with Crippen LogP contribution >= 0.6 is 0 Å². The van der Waals surface area contributed by atoms with Crippen LogP contribution in [0.15, 0.2) is 12.1 Å². The minimum atomic E-state index is -2.77. The molecule has 0 atom stereocenters. The first-order chi connectivity index (χ1) is 5.82. The first-order valence-corrected chi connectivity index (χ1v) is 2.47. The highest BCUT2D eigenvalue weighted by atomic mass is 19.2. The van der Waals surface area contributed by atoms with Crippen molar-refractivity contribution in [2.75, 3.05) is 0 Å². The summed E-state index contributed by atoms with van der Waals surface area (Å²) in [5.41, 5.74) is -0.814. The van der Waals surface area contributed by atoms with Crippen LogP contribution in [0.3, 0.4) is 0 Å². The van der Waals surface area contributed by atoms with Gasteiger partial charge in [0.1, 0.15) is 5.82 Å². The van der Waals surface area contributed by atoms with E-state index in [0.717, 1.165) is 0 Å². The lowest BCUT2D eigenvalue weighted by Crippen LogP contribution is -1.89. The van der Waals surface area contributed by atoms with Gasteiger partial charge in [0.05, 0.1) is 0 Å². The molecule has 0 nitrogen and oxygen atoms in total. The Labute approximate surface area is 60.5 Å². The van der Waals surface area contributed by atoms with Crippen LogP contribution in [-0.4, -0.2) is 0 Å². The molecule has 0 aliphatic carbocycles. The highest BCUT2D eigenvalue weighted by Crippen LogP contribution is 2.11. The molecule has 1 aromatic rings. The molecular weight excluding hydrogens is 141 g/mol. The van der Waals surface area contributed by atoms with E-state index in [4.69, 9.17) is 4.11 Å². The Hall–Kier alpha value is -0.990. The molecule has 0 N–H and O–H groups in total. The highest BCUT2D eigenvalue weighted by molar-refractivity contribution is 5.17. The third-order valence-electron chi connectivity index (χ3n) is 1.01. The zero-order chi connectivity index (χ0) is 10.2. The molecule has 3 heteroatoms. The Balaban J connectivity index is 3.32. The van der Waals surface area contributed by atoms with Crippen molar-refractivity contribution in [2.24, 2.45) is 0 Å². The summed E-state index contributed by atoms with van der Waals surface area (Å²) < 4.78 is 58.0. The summed E-state index contributed by atoms with van der Waals surface area (Å²) in [6.45, 7) is -2.77.